The fourth-order valence-corrected chi connectivity index (χ4v) is 3.37. The molecule has 0 aliphatic heterocycles. The summed E-state index contributed by atoms with van der Waals surface area (Å²) in [5, 5.41) is 4.83. The molecule has 0 spiro atoms. The van der Waals surface area contributed by atoms with Crippen LogP contribution in [0.5, 0.6) is 11.5 Å². The summed E-state index contributed by atoms with van der Waals surface area (Å²) in [7, 11) is 1.57. The fourth-order valence-electron chi connectivity index (χ4n) is 3.37. The summed E-state index contributed by atoms with van der Waals surface area (Å²) in [5.41, 5.74) is 1.02. The van der Waals surface area contributed by atoms with Gasteiger partial charge in [-0.05, 0) is 48.4 Å². The Labute approximate surface area is 178 Å². The third-order valence-electron chi connectivity index (χ3n) is 5.06. The van der Waals surface area contributed by atoms with Crippen LogP contribution in [0.15, 0.2) is 57.2 Å². The number of rotatable bonds is 8. The van der Waals surface area contributed by atoms with Gasteiger partial charge in [-0.1, -0.05) is 19.8 Å². The summed E-state index contributed by atoms with van der Waals surface area (Å²) in [6.07, 6.45) is 4.78. The van der Waals surface area contributed by atoms with Gasteiger partial charge in [0.05, 0.1) is 31.0 Å². The minimum absolute atomic E-state index is 0.274. The van der Waals surface area contributed by atoms with E-state index >= 15 is 0 Å². The van der Waals surface area contributed by atoms with Crippen LogP contribution < -0.4 is 20.7 Å². The molecule has 0 fully saturated rings. The predicted molar refractivity (Wildman–Crippen MR) is 122 cm³/mol. The average Bonchev–Trinajstić information content (AvgIpc) is 3.15. The van der Waals surface area contributed by atoms with Crippen LogP contribution in [0.3, 0.4) is 0 Å². The summed E-state index contributed by atoms with van der Waals surface area (Å²) in [6.45, 7) is 2.83. The maximum Gasteiger partial charge on any atom is 0.350 e. The van der Waals surface area contributed by atoms with Crippen LogP contribution in [0.25, 0.3) is 21.9 Å². The maximum absolute atomic E-state index is 12.9. The number of unbranched alkanes of at least 4 members (excludes halogenated alkanes) is 2. The highest BCUT2D eigenvalue weighted by atomic mass is 16.5. The van der Waals surface area contributed by atoms with Gasteiger partial charge in [0.25, 0.3) is 0 Å². The second kappa shape index (κ2) is 8.91. The van der Waals surface area contributed by atoms with Crippen LogP contribution in [-0.4, -0.2) is 34.6 Å². The van der Waals surface area contributed by atoms with E-state index in [0.717, 1.165) is 40.6 Å². The van der Waals surface area contributed by atoms with Gasteiger partial charge in [-0.2, -0.15) is 5.10 Å². The zero-order valence-corrected chi connectivity index (χ0v) is 17.5. The van der Waals surface area contributed by atoms with Crippen LogP contribution in [0.2, 0.25) is 0 Å². The Balaban J connectivity index is 1.61. The first-order chi connectivity index (χ1) is 15.1. The van der Waals surface area contributed by atoms with E-state index in [1.807, 2.05) is 24.3 Å². The summed E-state index contributed by atoms with van der Waals surface area (Å²) < 4.78 is 11.7. The van der Waals surface area contributed by atoms with Gasteiger partial charge in [0.1, 0.15) is 17.0 Å². The number of fused-ring (bicyclic) bond motifs is 3. The lowest BCUT2D eigenvalue weighted by Crippen LogP contribution is -2.32. The van der Waals surface area contributed by atoms with Crippen molar-refractivity contribution in [3.8, 4) is 11.5 Å². The van der Waals surface area contributed by atoms with E-state index in [9.17, 15) is 9.59 Å². The first-order valence-corrected chi connectivity index (χ1v) is 10.2. The smallest absolute Gasteiger partial charge is 0.350 e. The van der Waals surface area contributed by atoms with Crippen LogP contribution in [0.4, 0.5) is 0 Å². The van der Waals surface area contributed by atoms with Crippen molar-refractivity contribution in [2.24, 2.45) is 5.10 Å². The molecule has 31 heavy (non-hydrogen) atoms. The van der Waals surface area contributed by atoms with Gasteiger partial charge < -0.3 is 19.4 Å². The first kappa shape index (κ1) is 20.5. The van der Waals surface area contributed by atoms with Crippen molar-refractivity contribution in [3.05, 3.63) is 68.9 Å². The number of methoxy groups -OCH3 is 1. The lowest BCUT2D eigenvalue weighted by molar-refractivity contribution is 0.306. The average molecular weight is 420 g/mol. The Morgan fingerprint density at radius 3 is 2.52 bits per heavy atom. The van der Waals surface area contributed by atoms with E-state index in [1.54, 1.807) is 25.3 Å². The van der Waals surface area contributed by atoms with Gasteiger partial charge in [0, 0.05) is 11.5 Å². The molecule has 0 saturated heterocycles. The molecule has 2 N–H and O–H groups in total. The lowest BCUT2D eigenvalue weighted by Gasteiger charge is -2.05. The number of nitrogens with one attached hydrogen (secondary N) is 2. The van der Waals surface area contributed by atoms with Crippen LogP contribution in [0, 0.1) is 0 Å². The molecule has 2 aromatic heterocycles. The number of benzene rings is 2. The number of nitrogens with zero attached hydrogens (tertiary/aromatic N) is 2. The Morgan fingerprint density at radius 1 is 1.00 bits per heavy atom. The van der Waals surface area contributed by atoms with E-state index in [4.69, 9.17) is 9.47 Å². The standard InChI is InChI=1S/C23H24N4O4/c1-3-4-5-12-31-16-8-6-15(7-9-16)14-24-27-22(28)21-20(26-23(27)29)18-11-10-17(30-2)13-19(18)25-21/h6-11,13-14,25H,3-5,12H2,1-2H3,(H,26,29)/b24-14-. The quantitative estimate of drug-likeness (QED) is 0.336. The highest BCUT2D eigenvalue weighted by Gasteiger charge is 2.13. The lowest BCUT2D eigenvalue weighted by atomic mass is 10.2. The van der Waals surface area contributed by atoms with Gasteiger partial charge in [-0.15, -0.1) is 4.68 Å². The zero-order valence-electron chi connectivity index (χ0n) is 17.5. The molecule has 2 aromatic carbocycles. The van der Waals surface area contributed by atoms with Crippen molar-refractivity contribution in [1.82, 2.24) is 14.6 Å². The highest BCUT2D eigenvalue weighted by Crippen LogP contribution is 2.24. The predicted octanol–water partition coefficient (Wildman–Crippen LogP) is 3.63. The third-order valence-corrected chi connectivity index (χ3v) is 5.06. The summed E-state index contributed by atoms with van der Waals surface area (Å²) in [5.74, 6) is 1.43. The number of aromatic amines is 2. The molecule has 0 aliphatic carbocycles. The number of aromatic nitrogens is 3. The normalized spacial score (nSPS) is 11.5. The molecule has 0 radical (unpaired) electrons. The van der Waals surface area contributed by atoms with E-state index in [1.165, 1.54) is 6.21 Å². The Kier molecular flexibility index (Phi) is 5.88. The minimum atomic E-state index is -0.610. The van der Waals surface area contributed by atoms with Crippen molar-refractivity contribution in [3.63, 3.8) is 0 Å². The fraction of sp³-hybridized carbons (Fsp3) is 0.261. The topological polar surface area (TPSA) is 101 Å². The molecule has 0 bridgehead atoms. The Morgan fingerprint density at radius 2 is 1.77 bits per heavy atom. The number of hydrogen-bond acceptors (Lipinski definition) is 5. The molecule has 0 atom stereocenters. The van der Waals surface area contributed by atoms with Gasteiger partial charge >= 0.3 is 11.2 Å². The second-order valence-electron chi connectivity index (χ2n) is 7.20. The molecular weight excluding hydrogens is 396 g/mol. The molecule has 160 valence electrons. The molecule has 0 amide bonds. The van der Waals surface area contributed by atoms with Gasteiger partial charge in [-0.3, -0.25) is 4.79 Å². The third kappa shape index (κ3) is 4.23. The monoisotopic (exact) mass is 420 g/mol. The first-order valence-electron chi connectivity index (χ1n) is 10.2. The molecule has 8 heteroatoms. The van der Waals surface area contributed by atoms with E-state index in [2.05, 4.69) is 22.0 Å². The summed E-state index contributed by atoms with van der Waals surface area (Å²) in [4.78, 5) is 31.2. The van der Waals surface area contributed by atoms with Gasteiger partial charge in [0.15, 0.2) is 0 Å². The van der Waals surface area contributed by atoms with Gasteiger partial charge in [-0.25, -0.2) is 4.79 Å². The van der Waals surface area contributed by atoms with E-state index in [-0.39, 0.29) is 5.52 Å². The highest BCUT2D eigenvalue weighted by molar-refractivity contribution is 6.04. The van der Waals surface area contributed by atoms with Gasteiger partial charge in [0.2, 0.25) is 0 Å². The van der Waals surface area contributed by atoms with E-state index < -0.39 is 11.2 Å². The number of H-pyrrole nitrogens is 2. The zero-order chi connectivity index (χ0) is 21.8. The van der Waals surface area contributed by atoms with Crippen molar-refractivity contribution < 1.29 is 9.47 Å². The van der Waals surface area contributed by atoms with E-state index in [0.29, 0.717) is 23.4 Å². The maximum atomic E-state index is 12.9. The van der Waals surface area contributed by atoms with Crippen molar-refractivity contribution in [1.29, 1.82) is 0 Å². The molecule has 4 rings (SSSR count). The number of ether oxygens (including phenoxy) is 2. The van der Waals surface area contributed by atoms with Crippen molar-refractivity contribution in [2.45, 2.75) is 26.2 Å². The summed E-state index contributed by atoms with van der Waals surface area (Å²) in [6, 6.07) is 12.7. The molecule has 8 nitrogen and oxygen atoms in total. The SMILES string of the molecule is CCCCCOc1ccc(/C=N\n2c(=O)[nH]c3c([nH]c4cc(OC)ccc43)c2=O)cc1. The molecule has 4 aromatic rings. The minimum Gasteiger partial charge on any atom is -0.497 e. The molecule has 2 heterocycles. The van der Waals surface area contributed by atoms with Crippen molar-refractivity contribution in [2.75, 3.05) is 13.7 Å². The van der Waals surface area contributed by atoms with Crippen LogP contribution >= 0.6 is 0 Å². The molecule has 0 unspecified atom stereocenters. The second-order valence-corrected chi connectivity index (χ2v) is 7.20. The largest absolute Gasteiger partial charge is 0.497 e. The van der Waals surface area contributed by atoms with Crippen molar-refractivity contribution >= 4 is 28.2 Å². The van der Waals surface area contributed by atoms with Crippen LogP contribution in [-0.2, 0) is 0 Å². The summed E-state index contributed by atoms with van der Waals surface area (Å²) >= 11 is 0. The Hall–Kier alpha value is -3.81. The number of hydrogen-bond donors (Lipinski definition) is 2. The molecular formula is C23H24N4O4. The Bertz CT molecular complexity index is 1350. The molecule has 0 saturated carbocycles. The van der Waals surface area contributed by atoms with Crippen LogP contribution in [0.1, 0.15) is 31.7 Å². The molecule has 0 aliphatic rings.